The largest absolute Gasteiger partial charge is 2.00 e. The molecule has 0 spiro atoms. The van der Waals surface area contributed by atoms with E-state index in [1.165, 1.54) is 96.1 Å². The second-order valence-electron chi connectivity index (χ2n) is 22.7. The maximum absolute atomic E-state index is 13.0. The van der Waals surface area contributed by atoms with E-state index in [1.54, 1.807) is 13.8 Å². The van der Waals surface area contributed by atoms with Gasteiger partial charge in [-0.1, -0.05) is 364 Å². The molecule has 7 nitrogen and oxygen atoms in total. The van der Waals surface area contributed by atoms with Crippen LogP contribution in [-0.2, 0) is 49.4 Å². The van der Waals surface area contributed by atoms with Crippen molar-refractivity contribution in [2.75, 3.05) is 14.2 Å². The SMILES string of the molecule is COC(=O)c1cc(I)c(F)cc1C.[C-]#N.[C-]#N.[C-]#[N+]c1cc(C(=O)OC)c(C)cc1F.[Pd].[Zn+2].c1ccc(P(c2ccccc2)c2ccccc2)cc1.c1ccc(P(c2ccccc2)c2ccccc2)cc1.c1ccc(P(c2ccccc2)c2ccccc2)cc1.c1ccc(P(c2ccccc2)c2ccccc2)cc1. The third kappa shape index (κ3) is 27.9. The number of hydrogen-bond donors (Lipinski definition) is 0. The number of esters is 2. The second kappa shape index (κ2) is 50.7. The van der Waals surface area contributed by atoms with E-state index < -0.39 is 49.4 Å². The van der Waals surface area contributed by atoms with Gasteiger partial charge in [0.25, 0.3) is 0 Å². The molecular weight excluding hydrogens is 1680 g/mol. The number of rotatable bonds is 14. The van der Waals surface area contributed by atoms with Gasteiger partial charge in [0, 0.05) is 24.0 Å². The van der Waals surface area contributed by atoms with Gasteiger partial charge in [0.2, 0.25) is 5.69 Å². The zero-order chi connectivity index (χ0) is 76.4. The Labute approximate surface area is 686 Å². The van der Waals surface area contributed by atoms with Gasteiger partial charge in [0.1, 0.15) is 11.6 Å². The summed E-state index contributed by atoms with van der Waals surface area (Å²) in [5.41, 5.74) is 1.51. The molecule has 0 aliphatic carbocycles. The number of benzene rings is 14. The molecule has 0 N–H and O–H groups in total. The molecule has 0 amide bonds. The molecule has 0 aromatic heterocycles. The summed E-state index contributed by atoms with van der Waals surface area (Å²) in [6, 6.07) is 134. The standard InChI is InChI=1S/4C18H15P.C10H8FNO2.C9H8FIO2.2CN.Pd.Zn/c4*1-4-10-16(11-5-1)19(17-12-6-2-7-13-17)18-14-8-3-9-15-18;1-6-4-8(11)9(12-2)5-7(6)10(13)14-3;1-5-3-7(10)8(11)4-6(5)9(12)13-2;2*1-2;;/h4*1-15H;4-5H,1,3H3;3-4H,1-2H3;;;;/q;;;;;;2*-1;;+2. The van der Waals surface area contributed by atoms with Gasteiger partial charge < -0.3 is 33.1 Å². The molecular formula is C93H76F2IN3O4P4PdZn. The Kier molecular flexibility index (Phi) is 41.7. The van der Waals surface area contributed by atoms with Crippen molar-refractivity contribution in [3.63, 3.8) is 0 Å². The van der Waals surface area contributed by atoms with Crippen molar-refractivity contribution in [2.45, 2.75) is 13.8 Å². The van der Waals surface area contributed by atoms with Crippen LogP contribution in [0.4, 0.5) is 14.5 Å². The summed E-state index contributed by atoms with van der Waals surface area (Å²) in [5.74, 6) is -1.93. The average molecular weight is 1760 g/mol. The number of methoxy groups -OCH3 is 2. The van der Waals surface area contributed by atoms with Gasteiger partial charge in [-0.05, 0) is 167 Å². The maximum Gasteiger partial charge on any atom is 2.00 e. The molecule has 14 aromatic rings. The zero-order valence-corrected chi connectivity index (χ0v) is 70.6. The van der Waals surface area contributed by atoms with Crippen LogP contribution < -0.4 is 63.7 Å². The minimum atomic E-state index is -0.620. The van der Waals surface area contributed by atoms with Crippen molar-refractivity contribution in [2.24, 2.45) is 0 Å². The Hall–Kier alpha value is -9.91. The van der Waals surface area contributed by atoms with Crippen molar-refractivity contribution in [1.82, 2.24) is 0 Å². The van der Waals surface area contributed by atoms with Gasteiger partial charge in [0.15, 0.2) is 0 Å². The van der Waals surface area contributed by atoms with Crippen molar-refractivity contribution in [1.29, 1.82) is 10.5 Å². The van der Waals surface area contributed by atoms with Crippen LogP contribution in [0, 0.1) is 59.3 Å². The van der Waals surface area contributed by atoms with Crippen LogP contribution in [-0.4, -0.2) is 26.2 Å². The van der Waals surface area contributed by atoms with Gasteiger partial charge >= 0.3 is 31.4 Å². The Morgan fingerprint density at radius 2 is 0.468 bits per heavy atom. The van der Waals surface area contributed by atoms with Crippen LogP contribution in [0.3, 0.4) is 0 Å². The van der Waals surface area contributed by atoms with E-state index in [-0.39, 0.29) is 57.0 Å². The molecule has 0 radical (unpaired) electrons. The van der Waals surface area contributed by atoms with Crippen molar-refractivity contribution in [3.8, 4) is 0 Å². The van der Waals surface area contributed by atoms with E-state index in [0.29, 0.717) is 20.3 Å². The van der Waals surface area contributed by atoms with Gasteiger partial charge in [-0.25, -0.2) is 23.2 Å². The number of nitrogens with zero attached hydrogens (tertiary/aromatic N) is 3. The molecule has 14 aromatic carbocycles. The number of carbonyl (C=O) groups excluding carboxylic acids is 2. The van der Waals surface area contributed by atoms with E-state index >= 15 is 0 Å². The molecule has 0 saturated carbocycles. The average Bonchev–Trinajstić information content (AvgIpc) is 0.843. The number of aryl methyl sites for hydroxylation is 2. The van der Waals surface area contributed by atoms with Crippen molar-refractivity contribution < 1.29 is 67.7 Å². The molecule has 0 aliphatic rings. The van der Waals surface area contributed by atoms with Crippen LogP contribution in [0.25, 0.3) is 4.85 Å². The summed E-state index contributed by atoms with van der Waals surface area (Å²) in [7, 11) is 0.758. The summed E-state index contributed by atoms with van der Waals surface area (Å²) in [6.07, 6.45) is 0. The molecule has 0 heterocycles. The molecule has 0 atom stereocenters. The van der Waals surface area contributed by atoms with Gasteiger partial charge in [-0.2, -0.15) is 0 Å². The van der Waals surface area contributed by atoms with Crippen LogP contribution in [0.15, 0.2) is 388 Å². The first-order valence-electron chi connectivity index (χ1n) is 33.5. The summed E-state index contributed by atoms with van der Waals surface area (Å²) < 4.78 is 35.5. The molecule has 540 valence electrons. The molecule has 14 rings (SSSR count). The molecule has 109 heavy (non-hydrogen) atoms. The van der Waals surface area contributed by atoms with E-state index in [0.717, 1.165) is 6.07 Å². The third-order valence-electron chi connectivity index (χ3n) is 15.7. The monoisotopic (exact) mass is 1760 g/mol. The van der Waals surface area contributed by atoms with E-state index in [4.69, 9.17) is 30.2 Å². The molecule has 0 fully saturated rings. The Bertz CT molecular complexity index is 4140. The first-order chi connectivity index (χ1) is 52.5. The predicted molar refractivity (Wildman–Crippen MR) is 454 cm³/mol. The molecule has 0 bridgehead atoms. The van der Waals surface area contributed by atoms with Gasteiger partial charge in [-0.15, -0.1) is 0 Å². The van der Waals surface area contributed by atoms with E-state index in [1.807, 2.05) is 22.6 Å². The quantitative estimate of drug-likeness (QED) is 0.0353. The van der Waals surface area contributed by atoms with Crippen LogP contribution >= 0.6 is 54.3 Å². The van der Waals surface area contributed by atoms with Gasteiger partial charge in [0.05, 0.1) is 31.9 Å². The first-order valence-corrected chi connectivity index (χ1v) is 40.0. The predicted octanol–water partition coefficient (Wildman–Crippen LogP) is 19.0. The van der Waals surface area contributed by atoms with Crippen LogP contribution in [0.5, 0.6) is 0 Å². The van der Waals surface area contributed by atoms with Gasteiger partial charge in [-0.3, -0.25) is 0 Å². The third-order valence-corrected chi connectivity index (χ3v) is 26.3. The fraction of sp³-hybridized carbons (Fsp3) is 0.0430. The summed E-state index contributed by atoms with van der Waals surface area (Å²) >= 11 is 1.83. The normalized spacial score (nSPS) is 9.78. The summed E-state index contributed by atoms with van der Waals surface area (Å²) in [6.45, 7) is 19.4. The zero-order valence-electron chi connectivity index (χ0n) is 60.4. The minimum absolute atomic E-state index is 0. The van der Waals surface area contributed by atoms with Crippen molar-refractivity contribution in [3.05, 3.63) is 450 Å². The van der Waals surface area contributed by atoms with E-state index in [9.17, 15) is 18.4 Å². The maximum atomic E-state index is 13.0. The molecule has 0 aliphatic heterocycles. The summed E-state index contributed by atoms with van der Waals surface area (Å²) in [5, 5.41) is 29.3. The smallest absolute Gasteiger partial charge is 0.512 e. The van der Waals surface area contributed by atoms with Crippen LogP contribution in [0.2, 0.25) is 0 Å². The number of hydrogen-bond acceptors (Lipinski definition) is 6. The van der Waals surface area contributed by atoms with Crippen molar-refractivity contribution >= 4 is 136 Å². The summed E-state index contributed by atoms with van der Waals surface area (Å²) in [4.78, 5) is 25.3. The fourth-order valence-corrected chi connectivity index (χ4v) is 20.5. The Morgan fingerprint density at radius 3 is 0.624 bits per heavy atom. The Morgan fingerprint density at radius 1 is 0.312 bits per heavy atom. The second-order valence-corrected chi connectivity index (χ2v) is 32.7. The number of carbonyl (C=O) groups is 2. The number of ether oxygens (including phenoxy) is 2. The molecule has 16 heteroatoms. The fourth-order valence-electron chi connectivity index (χ4n) is 10.8. The Balaban J connectivity index is 0.000000233. The number of halogens is 3. The topological polar surface area (TPSA) is 105 Å². The molecule has 0 saturated heterocycles. The van der Waals surface area contributed by atoms with Crippen LogP contribution in [0.1, 0.15) is 31.8 Å². The minimum Gasteiger partial charge on any atom is -0.512 e. The van der Waals surface area contributed by atoms with E-state index in [2.05, 4.69) is 378 Å². The first kappa shape index (κ1) is 89.7. The molecule has 0 unspecified atom stereocenters.